The van der Waals surface area contributed by atoms with Crippen molar-refractivity contribution in [1.82, 2.24) is 19.8 Å². The Kier molecular flexibility index (Phi) is 5.59. The minimum atomic E-state index is -0.621. The molecule has 3 rings (SSSR count). The third-order valence-corrected chi connectivity index (χ3v) is 5.38. The van der Waals surface area contributed by atoms with Crippen molar-refractivity contribution in [2.24, 2.45) is 11.1 Å². The molecule has 0 bridgehead atoms. The van der Waals surface area contributed by atoms with Gasteiger partial charge in [0.05, 0.1) is 12.0 Å². The summed E-state index contributed by atoms with van der Waals surface area (Å²) in [5.41, 5.74) is 6.04. The third kappa shape index (κ3) is 3.87. The number of aromatic nitrogens is 3. The zero-order chi connectivity index (χ0) is 19.4. The van der Waals surface area contributed by atoms with Crippen molar-refractivity contribution in [3.05, 3.63) is 35.5 Å². The maximum Gasteiger partial charge on any atom is 0.276 e. The highest BCUT2D eigenvalue weighted by atomic mass is 16.5. The van der Waals surface area contributed by atoms with E-state index in [2.05, 4.69) is 10.3 Å². The zero-order valence-corrected chi connectivity index (χ0v) is 15.7. The average molecular weight is 375 g/mol. The molecule has 1 aliphatic heterocycles. The molecule has 0 saturated carbocycles. The second kappa shape index (κ2) is 7.91. The highest BCUT2D eigenvalue weighted by Crippen LogP contribution is 2.35. The monoisotopic (exact) mass is 375 g/mol. The van der Waals surface area contributed by atoms with E-state index in [1.165, 1.54) is 0 Å². The first-order valence-corrected chi connectivity index (χ1v) is 8.97. The molecule has 0 aliphatic carbocycles. The van der Waals surface area contributed by atoms with Crippen molar-refractivity contribution in [2.45, 2.75) is 32.7 Å². The van der Waals surface area contributed by atoms with Gasteiger partial charge in [-0.2, -0.15) is 5.10 Å². The highest BCUT2D eigenvalue weighted by Gasteiger charge is 2.41. The maximum atomic E-state index is 13.0. The quantitative estimate of drug-likeness (QED) is 0.771. The number of carbonyl (C=O) groups is 2. The maximum absolute atomic E-state index is 13.0. The number of nitrogens with two attached hydrogens (primary N) is 1. The molecule has 2 aromatic rings. The van der Waals surface area contributed by atoms with Crippen molar-refractivity contribution >= 4 is 11.8 Å². The Morgan fingerprint density at radius 3 is 2.70 bits per heavy atom. The summed E-state index contributed by atoms with van der Waals surface area (Å²) in [5, 5.41) is 8.14. The van der Waals surface area contributed by atoms with Crippen LogP contribution in [0.15, 0.2) is 23.0 Å². The minimum Gasteiger partial charge on any atom is -0.385 e. The molecule has 0 atom stereocenters. The molecule has 146 valence electrons. The molecule has 3 heterocycles. The van der Waals surface area contributed by atoms with E-state index in [1.807, 2.05) is 12.3 Å². The number of piperidine rings is 1. The minimum absolute atomic E-state index is 0.196. The van der Waals surface area contributed by atoms with Crippen LogP contribution in [0.25, 0.3) is 0 Å². The zero-order valence-electron chi connectivity index (χ0n) is 15.7. The largest absolute Gasteiger partial charge is 0.385 e. The molecule has 0 radical (unpaired) electrons. The Hall–Kier alpha value is -2.68. The summed E-state index contributed by atoms with van der Waals surface area (Å²) < 4.78 is 12.1. The fraction of sp³-hybridized carbons (Fsp3) is 0.556. The molecular weight excluding hydrogens is 350 g/mol. The van der Waals surface area contributed by atoms with Gasteiger partial charge in [0.1, 0.15) is 5.76 Å². The summed E-state index contributed by atoms with van der Waals surface area (Å²) in [7, 11) is 1.60. The molecule has 2 amide bonds. The summed E-state index contributed by atoms with van der Waals surface area (Å²) in [6.07, 6.45) is 5.09. The van der Waals surface area contributed by atoms with E-state index in [0.29, 0.717) is 57.0 Å². The Labute approximate surface area is 157 Å². The number of amides is 2. The van der Waals surface area contributed by atoms with E-state index in [-0.39, 0.29) is 11.8 Å². The second-order valence-corrected chi connectivity index (χ2v) is 6.95. The summed E-state index contributed by atoms with van der Waals surface area (Å²) in [6, 6.07) is 1.82. The number of ether oxygens (including phenoxy) is 1. The summed E-state index contributed by atoms with van der Waals surface area (Å²) in [5.74, 6) is 0.0690. The SMILES string of the molecule is COCCC1(C(N)=O)CCN(C(=O)c2noc(C)c2Cn2cccn2)CC1. The molecule has 0 aromatic carbocycles. The van der Waals surface area contributed by atoms with E-state index in [9.17, 15) is 9.59 Å². The third-order valence-electron chi connectivity index (χ3n) is 5.38. The van der Waals surface area contributed by atoms with Crippen LogP contribution in [0.3, 0.4) is 0 Å². The average Bonchev–Trinajstić information content (AvgIpc) is 3.30. The van der Waals surface area contributed by atoms with Crippen LogP contribution in [0.4, 0.5) is 0 Å². The van der Waals surface area contributed by atoms with Crippen LogP contribution in [-0.4, -0.2) is 58.5 Å². The van der Waals surface area contributed by atoms with E-state index in [0.717, 1.165) is 5.56 Å². The van der Waals surface area contributed by atoms with Crippen molar-refractivity contribution in [3.8, 4) is 0 Å². The van der Waals surface area contributed by atoms with Crippen molar-refractivity contribution < 1.29 is 18.8 Å². The van der Waals surface area contributed by atoms with Crippen LogP contribution >= 0.6 is 0 Å². The Bertz CT molecular complexity index is 791. The van der Waals surface area contributed by atoms with Gasteiger partial charge in [0, 0.05) is 44.8 Å². The van der Waals surface area contributed by atoms with Gasteiger partial charge in [-0.05, 0) is 32.3 Å². The predicted molar refractivity (Wildman–Crippen MR) is 95.8 cm³/mol. The Morgan fingerprint density at radius 1 is 1.37 bits per heavy atom. The molecule has 9 heteroatoms. The van der Waals surface area contributed by atoms with Crippen molar-refractivity contribution in [3.63, 3.8) is 0 Å². The fourth-order valence-corrected chi connectivity index (χ4v) is 3.51. The number of likely N-dealkylation sites (tertiary alicyclic amines) is 1. The molecule has 1 fully saturated rings. The lowest BCUT2D eigenvalue weighted by Gasteiger charge is -2.39. The topological polar surface area (TPSA) is 116 Å². The standard InChI is InChI=1S/C18H25N5O4/c1-13-14(12-23-8-3-7-20-23)15(21-27-13)16(24)22-9-4-18(5-10-22,17(19)25)6-11-26-2/h3,7-8H,4-6,9-12H2,1-2H3,(H2,19,25). The van der Waals surface area contributed by atoms with E-state index in [4.69, 9.17) is 15.0 Å². The predicted octanol–water partition coefficient (Wildman–Crippen LogP) is 0.972. The first kappa shape index (κ1) is 19.1. The van der Waals surface area contributed by atoms with Gasteiger partial charge >= 0.3 is 0 Å². The van der Waals surface area contributed by atoms with E-state index in [1.54, 1.807) is 29.8 Å². The van der Waals surface area contributed by atoms with Gasteiger partial charge in [0.15, 0.2) is 5.69 Å². The van der Waals surface area contributed by atoms with Gasteiger partial charge in [-0.25, -0.2) is 0 Å². The van der Waals surface area contributed by atoms with Crippen LogP contribution in [0, 0.1) is 12.3 Å². The van der Waals surface area contributed by atoms with Crippen LogP contribution in [-0.2, 0) is 16.1 Å². The van der Waals surface area contributed by atoms with Gasteiger partial charge in [0.25, 0.3) is 5.91 Å². The fourth-order valence-electron chi connectivity index (χ4n) is 3.51. The van der Waals surface area contributed by atoms with Gasteiger partial charge in [-0.15, -0.1) is 0 Å². The molecule has 27 heavy (non-hydrogen) atoms. The first-order chi connectivity index (χ1) is 13.0. The van der Waals surface area contributed by atoms with Crippen LogP contribution < -0.4 is 5.73 Å². The number of rotatable bonds is 7. The molecule has 2 N–H and O–H groups in total. The normalized spacial score (nSPS) is 16.4. The second-order valence-electron chi connectivity index (χ2n) is 6.95. The lowest BCUT2D eigenvalue weighted by atomic mass is 9.75. The lowest BCUT2D eigenvalue weighted by molar-refractivity contribution is -0.131. The smallest absolute Gasteiger partial charge is 0.276 e. The molecule has 2 aromatic heterocycles. The molecule has 1 saturated heterocycles. The number of primary amides is 1. The lowest BCUT2D eigenvalue weighted by Crippen LogP contribution is -2.49. The molecule has 1 aliphatic rings. The summed E-state index contributed by atoms with van der Waals surface area (Å²) in [4.78, 5) is 26.7. The van der Waals surface area contributed by atoms with Crippen molar-refractivity contribution in [2.75, 3.05) is 26.8 Å². The molecule has 0 spiro atoms. The molecule has 0 unspecified atom stereocenters. The number of aryl methyl sites for hydroxylation is 1. The Balaban J connectivity index is 1.72. The molecule has 9 nitrogen and oxygen atoms in total. The van der Waals surface area contributed by atoms with Crippen molar-refractivity contribution in [1.29, 1.82) is 0 Å². The van der Waals surface area contributed by atoms with E-state index < -0.39 is 5.41 Å². The van der Waals surface area contributed by atoms with Crippen LogP contribution in [0.1, 0.15) is 41.1 Å². The number of carbonyl (C=O) groups excluding carboxylic acids is 2. The van der Waals surface area contributed by atoms with E-state index >= 15 is 0 Å². The van der Waals surface area contributed by atoms with Gasteiger partial charge in [0.2, 0.25) is 5.91 Å². The Morgan fingerprint density at radius 2 is 2.11 bits per heavy atom. The highest BCUT2D eigenvalue weighted by molar-refractivity contribution is 5.94. The number of methoxy groups -OCH3 is 1. The van der Waals surface area contributed by atoms with Gasteiger partial charge < -0.3 is 19.9 Å². The number of hydrogen-bond donors (Lipinski definition) is 1. The van der Waals surface area contributed by atoms with Gasteiger partial charge in [-0.3, -0.25) is 14.3 Å². The van der Waals surface area contributed by atoms with Crippen LogP contribution in [0.2, 0.25) is 0 Å². The molecular formula is C18H25N5O4. The summed E-state index contributed by atoms with van der Waals surface area (Å²) in [6.45, 7) is 3.54. The first-order valence-electron chi connectivity index (χ1n) is 8.97. The van der Waals surface area contributed by atoms with Crippen LogP contribution in [0.5, 0.6) is 0 Å². The number of hydrogen-bond acceptors (Lipinski definition) is 6. The number of nitrogens with zero attached hydrogens (tertiary/aromatic N) is 4. The van der Waals surface area contributed by atoms with Gasteiger partial charge in [-0.1, -0.05) is 5.16 Å². The summed E-state index contributed by atoms with van der Waals surface area (Å²) >= 11 is 0.